The largest absolute Gasteiger partial charge is 0.389 e. The SMILES string of the molecule is CCN1CCC(O)(CC(=O)SC)CC1. The van der Waals surface area contributed by atoms with Crippen LogP contribution in [0.15, 0.2) is 0 Å². The third-order valence-corrected chi connectivity index (χ3v) is 3.53. The van der Waals surface area contributed by atoms with Gasteiger partial charge in [0.15, 0.2) is 5.12 Å². The highest BCUT2D eigenvalue weighted by Crippen LogP contribution is 2.27. The number of carbonyl (C=O) groups excluding carboxylic acids is 1. The number of aliphatic hydroxyl groups is 1. The van der Waals surface area contributed by atoms with Crippen LogP contribution in [0.3, 0.4) is 0 Å². The van der Waals surface area contributed by atoms with Crippen molar-refractivity contribution in [3.8, 4) is 0 Å². The van der Waals surface area contributed by atoms with Gasteiger partial charge in [0.25, 0.3) is 0 Å². The lowest BCUT2D eigenvalue weighted by Gasteiger charge is -2.37. The summed E-state index contributed by atoms with van der Waals surface area (Å²) >= 11 is 1.21. The fraction of sp³-hybridized carbons (Fsp3) is 0.900. The molecule has 0 aliphatic carbocycles. The smallest absolute Gasteiger partial charge is 0.191 e. The fourth-order valence-corrected chi connectivity index (χ4v) is 2.22. The molecule has 1 fully saturated rings. The zero-order valence-electron chi connectivity index (χ0n) is 8.95. The maximum atomic E-state index is 11.2. The summed E-state index contributed by atoms with van der Waals surface area (Å²) in [6.45, 7) is 4.98. The lowest BCUT2D eigenvalue weighted by molar-refractivity contribution is -0.117. The molecule has 0 aromatic carbocycles. The minimum Gasteiger partial charge on any atom is -0.389 e. The molecule has 1 aliphatic heterocycles. The summed E-state index contributed by atoms with van der Waals surface area (Å²) < 4.78 is 0. The molecule has 0 amide bonds. The van der Waals surface area contributed by atoms with Gasteiger partial charge < -0.3 is 10.0 Å². The summed E-state index contributed by atoms with van der Waals surface area (Å²) in [5.74, 6) is 0. The van der Waals surface area contributed by atoms with Crippen molar-refractivity contribution < 1.29 is 9.90 Å². The second-order valence-corrected chi connectivity index (χ2v) is 4.78. The number of likely N-dealkylation sites (tertiary alicyclic amines) is 1. The van der Waals surface area contributed by atoms with Gasteiger partial charge in [-0.1, -0.05) is 18.7 Å². The average Bonchev–Trinajstić information content (AvgIpc) is 2.18. The Balaban J connectivity index is 2.41. The molecule has 0 atom stereocenters. The third kappa shape index (κ3) is 3.26. The van der Waals surface area contributed by atoms with E-state index in [1.807, 2.05) is 0 Å². The van der Waals surface area contributed by atoms with Crippen molar-refractivity contribution in [1.29, 1.82) is 0 Å². The standard InChI is InChI=1S/C10H19NO2S/c1-3-11-6-4-10(13,5-7-11)8-9(12)14-2/h13H,3-8H2,1-2H3. The van der Waals surface area contributed by atoms with Crippen LogP contribution in [0.25, 0.3) is 0 Å². The second kappa shape index (κ2) is 5.14. The minimum atomic E-state index is -0.730. The highest BCUT2D eigenvalue weighted by molar-refractivity contribution is 8.13. The lowest BCUT2D eigenvalue weighted by Crippen LogP contribution is -2.45. The Labute approximate surface area is 89.9 Å². The van der Waals surface area contributed by atoms with Gasteiger partial charge in [-0.05, 0) is 25.6 Å². The topological polar surface area (TPSA) is 40.5 Å². The Bertz CT molecular complexity index is 200. The molecule has 1 saturated heterocycles. The quantitative estimate of drug-likeness (QED) is 0.769. The van der Waals surface area contributed by atoms with E-state index in [0.717, 1.165) is 32.5 Å². The summed E-state index contributed by atoms with van der Waals surface area (Å²) in [7, 11) is 0. The van der Waals surface area contributed by atoms with Crippen molar-refractivity contribution >= 4 is 16.9 Å². The number of carbonyl (C=O) groups is 1. The Kier molecular flexibility index (Phi) is 4.41. The van der Waals surface area contributed by atoms with Crippen LogP contribution in [-0.4, -0.2) is 46.6 Å². The highest BCUT2D eigenvalue weighted by Gasteiger charge is 2.33. The van der Waals surface area contributed by atoms with E-state index in [1.165, 1.54) is 11.8 Å². The zero-order chi connectivity index (χ0) is 10.6. The molecule has 0 spiro atoms. The number of hydrogen-bond donors (Lipinski definition) is 1. The molecule has 0 bridgehead atoms. The molecular weight excluding hydrogens is 198 g/mol. The number of thioether (sulfide) groups is 1. The van der Waals surface area contributed by atoms with Crippen LogP contribution in [0.2, 0.25) is 0 Å². The molecule has 3 nitrogen and oxygen atoms in total. The van der Waals surface area contributed by atoms with Gasteiger partial charge in [-0.15, -0.1) is 0 Å². The molecule has 1 N–H and O–H groups in total. The van der Waals surface area contributed by atoms with E-state index in [4.69, 9.17) is 0 Å². The minimum absolute atomic E-state index is 0.0949. The average molecular weight is 217 g/mol. The van der Waals surface area contributed by atoms with Crippen molar-refractivity contribution in [1.82, 2.24) is 4.90 Å². The number of piperidine rings is 1. The van der Waals surface area contributed by atoms with Gasteiger partial charge in [-0.2, -0.15) is 0 Å². The van der Waals surface area contributed by atoms with Crippen LogP contribution < -0.4 is 0 Å². The summed E-state index contributed by atoms with van der Waals surface area (Å²) in [5.41, 5.74) is -0.730. The normalized spacial score (nSPS) is 22.2. The molecular formula is C10H19NO2S. The van der Waals surface area contributed by atoms with Gasteiger partial charge >= 0.3 is 0 Å². The third-order valence-electron chi connectivity index (χ3n) is 2.94. The Hall–Kier alpha value is -0.0600. The van der Waals surface area contributed by atoms with Crippen LogP contribution >= 0.6 is 11.8 Å². The molecule has 0 aromatic rings. The van der Waals surface area contributed by atoms with Crippen molar-refractivity contribution in [2.75, 3.05) is 25.9 Å². The summed E-state index contributed by atoms with van der Waals surface area (Å²) in [6.07, 6.45) is 3.54. The number of nitrogens with zero attached hydrogens (tertiary/aromatic N) is 1. The Morgan fingerprint density at radius 3 is 2.50 bits per heavy atom. The highest BCUT2D eigenvalue weighted by atomic mass is 32.2. The first-order chi connectivity index (χ1) is 6.59. The molecule has 1 rings (SSSR count). The summed E-state index contributed by atoms with van der Waals surface area (Å²) in [5, 5.41) is 10.2. The van der Waals surface area contributed by atoms with Gasteiger partial charge in [-0.3, -0.25) is 4.79 Å². The van der Waals surface area contributed by atoms with Crippen molar-refractivity contribution in [3.05, 3.63) is 0 Å². The molecule has 0 aromatic heterocycles. The first kappa shape index (κ1) is 12.0. The second-order valence-electron chi connectivity index (χ2n) is 3.91. The van der Waals surface area contributed by atoms with E-state index < -0.39 is 5.60 Å². The van der Waals surface area contributed by atoms with E-state index in [9.17, 15) is 9.90 Å². The lowest BCUT2D eigenvalue weighted by atomic mass is 9.89. The van der Waals surface area contributed by atoms with E-state index in [0.29, 0.717) is 6.42 Å². The molecule has 0 saturated carbocycles. The predicted molar refractivity (Wildman–Crippen MR) is 59.4 cm³/mol. The van der Waals surface area contributed by atoms with Crippen molar-refractivity contribution in [2.45, 2.75) is 31.8 Å². The number of rotatable bonds is 3. The molecule has 1 aliphatic rings. The molecule has 4 heteroatoms. The van der Waals surface area contributed by atoms with E-state index in [1.54, 1.807) is 6.26 Å². The van der Waals surface area contributed by atoms with Gasteiger partial charge in [0.05, 0.1) is 5.60 Å². The first-order valence-corrected chi connectivity index (χ1v) is 6.33. The van der Waals surface area contributed by atoms with Gasteiger partial charge in [0.2, 0.25) is 0 Å². The van der Waals surface area contributed by atoms with E-state index >= 15 is 0 Å². The maximum absolute atomic E-state index is 11.2. The van der Waals surface area contributed by atoms with E-state index in [-0.39, 0.29) is 5.12 Å². The fourth-order valence-electron chi connectivity index (χ4n) is 1.80. The van der Waals surface area contributed by atoms with Crippen molar-refractivity contribution in [3.63, 3.8) is 0 Å². The monoisotopic (exact) mass is 217 g/mol. The van der Waals surface area contributed by atoms with Crippen LogP contribution in [0, 0.1) is 0 Å². The molecule has 14 heavy (non-hydrogen) atoms. The van der Waals surface area contributed by atoms with Crippen molar-refractivity contribution in [2.24, 2.45) is 0 Å². The van der Waals surface area contributed by atoms with Gasteiger partial charge in [0, 0.05) is 19.5 Å². The van der Waals surface area contributed by atoms with Crippen LogP contribution in [0.1, 0.15) is 26.2 Å². The van der Waals surface area contributed by atoms with Crippen LogP contribution in [-0.2, 0) is 4.79 Å². The van der Waals surface area contributed by atoms with Crippen LogP contribution in [0.5, 0.6) is 0 Å². The molecule has 1 heterocycles. The first-order valence-electron chi connectivity index (χ1n) is 5.11. The molecule has 0 radical (unpaired) electrons. The summed E-state index contributed by atoms with van der Waals surface area (Å²) in [4.78, 5) is 13.5. The zero-order valence-corrected chi connectivity index (χ0v) is 9.77. The van der Waals surface area contributed by atoms with Crippen LogP contribution in [0.4, 0.5) is 0 Å². The maximum Gasteiger partial charge on any atom is 0.191 e. The van der Waals surface area contributed by atoms with E-state index in [2.05, 4.69) is 11.8 Å². The summed E-state index contributed by atoms with van der Waals surface area (Å²) in [6, 6.07) is 0. The predicted octanol–water partition coefficient (Wildman–Crippen LogP) is 1.11. The van der Waals surface area contributed by atoms with Gasteiger partial charge in [0.1, 0.15) is 0 Å². The van der Waals surface area contributed by atoms with Gasteiger partial charge in [-0.25, -0.2) is 0 Å². The molecule has 0 unspecified atom stereocenters. The Morgan fingerprint density at radius 2 is 2.07 bits per heavy atom. The molecule has 82 valence electrons. The Morgan fingerprint density at radius 1 is 1.50 bits per heavy atom. The number of hydrogen-bond acceptors (Lipinski definition) is 4.